The third-order valence-corrected chi connectivity index (χ3v) is 3.63. The van der Waals surface area contributed by atoms with Gasteiger partial charge in [-0.1, -0.05) is 17.7 Å². The van der Waals surface area contributed by atoms with Crippen molar-refractivity contribution in [1.29, 1.82) is 0 Å². The predicted octanol–water partition coefficient (Wildman–Crippen LogP) is 3.11. The molecular formula is C12H13ClN2OS. The van der Waals surface area contributed by atoms with Gasteiger partial charge in [0.25, 0.3) is 0 Å². The Labute approximate surface area is 109 Å². The third-order valence-electron chi connectivity index (χ3n) is 2.50. The van der Waals surface area contributed by atoms with Gasteiger partial charge in [0.05, 0.1) is 18.2 Å². The third kappa shape index (κ3) is 2.60. The van der Waals surface area contributed by atoms with Crippen LogP contribution in [0.3, 0.4) is 0 Å². The molecule has 17 heavy (non-hydrogen) atoms. The Morgan fingerprint density at radius 1 is 1.47 bits per heavy atom. The molecule has 0 aliphatic heterocycles. The molecule has 0 saturated heterocycles. The first kappa shape index (κ1) is 12.4. The first-order chi connectivity index (χ1) is 8.26. The number of nitrogens with zero attached hydrogens (tertiary/aromatic N) is 1. The van der Waals surface area contributed by atoms with E-state index in [1.807, 2.05) is 30.6 Å². The summed E-state index contributed by atoms with van der Waals surface area (Å²) in [6, 6.07) is 5.84. The summed E-state index contributed by atoms with van der Waals surface area (Å²) < 4.78 is 5.14. The minimum absolute atomic E-state index is 0.0680. The van der Waals surface area contributed by atoms with Crippen molar-refractivity contribution in [2.75, 3.05) is 14.2 Å². The van der Waals surface area contributed by atoms with Crippen molar-refractivity contribution in [1.82, 2.24) is 10.3 Å². The number of rotatable bonds is 4. The molecule has 0 aliphatic rings. The largest absolute Gasteiger partial charge is 0.495 e. The second-order valence-corrected chi connectivity index (χ2v) is 4.82. The van der Waals surface area contributed by atoms with Gasteiger partial charge in [-0.25, -0.2) is 4.98 Å². The molecule has 0 saturated carbocycles. The lowest BCUT2D eigenvalue weighted by Crippen LogP contribution is -2.17. The van der Waals surface area contributed by atoms with Crippen molar-refractivity contribution >= 4 is 22.9 Å². The topological polar surface area (TPSA) is 34.1 Å². The van der Waals surface area contributed by atoms with Crippen LogP contribution in [0.1, 0.15) is 16.6 Å². The molecule has 0 amide bonds. The molecule has 3 nitrogen and oxygen atoms in total. The molecule has 2 aromatic rings. The van der Waals surface area contributed by atoms with Crippen LogP contribution in [0.15, 0.2) is 29.8 Å². The molecule has 90 valence electrons. The minimum Gasteiger partial charge on any atom is -0.495 e. The molecule has 0 radical (unpaired) electrons. The first-order valence-corrected chi connectivity index (χ1v) is 6.42. The summed E-state index contributed by atoms with van der Waals surface area (Å²) in [5, 5.41) is 6.83. The van der Waals surface area contributed by atoms with E-state index in [1.54, 1.807) is 24.6 Å². The molecule has 1 aromatic carbocycles. The van der Waals surface area contributed by atoms with Gasteiger partial charge >= 0.3 is 0 Å². The number of benzene rings is 1. The Morgan fingerprint density at radius 3 is 2.82 bits per heavy atom. The molecule has 1 heterocycles. The van der Waals surface area contributed by atoms with E-state index in [2.05, 4.69) is 10.3 Å². The van der Waals surface area contributed by atoms with Gasteiger partial charge in [-0.3, -0.25) is 0 Å². The second-order valence-electron chi connectivity index (χ2n) is 3.49. The Balaban J connectivity index is 2.35. The highest BCUT2D eigenvalue weighted by molar-refractivity contribution is 7.09. The van der Waals surface area contributed by atoms with Gasteiger partial charge in [-0.05, 0) is 24.7 Å². The molecule has 5 heteroatoms. The van der Waals surface area contributed by atoms with Crippen LogP contribution in [-0.2, 0) is 0 Å². The lowest BCUT2D eigenvalue weighted by atomic mass is 10.1. The van der Waals surface area contributed by atoms with Crippen LogP contribution in [0.2, 0.25) is 5.02 Å². The highest BCUT2D eigenvalue weighted by Crippen LogP contribution is 2.30. The van der Waals surface area contributed by atoms with Gasteiger partial charge in [0.2, 0.25) is 0 Å². The number of aromatic nitrogens is 1. The van der Waals surface area contributed by atoms with Crippen LogP contribution in [-0.4, -0.2) is 19.1 Å². The number of hydrogen-bond acceptors (Lipinski definition) is 4. The minimum atomic E-state index is 0.0680. The van der Waals surface area contributed by atoms with Crippen molar-refractivity contribution in [3.05, 3.63) is 45.4 Å². The van der Waals surface area contributed by atoms with Gasteiger partial charge in [0.15, 0.2) is 0 Å². The number of nitrogens with one attached hydrogen (secondary N) is 1. The maximum Gasteiger partial charge on any atom is 0.137 e. The van der Waals surface area contributed by atoms with Crippen molar-refractivity contribution < 1.29 is 4.74 Å². The molecule has 0 spiro atoms. The summed E-state index contributed by atoms with van der Waals surface area (Å²) >= 11 is 7.74. The zero-order valence-corrected chi connectivity index (χ0v) is 11.2. The molecule has 1 unspecified atom stereocenters. The SMILES string of the molecule is CNC(c1ccc(OC)c(Cl)c1)c1nccs1. The number of ether oxygens (including phenoxy) is 1. The highest BCUT2D eigenvalue weighted by Gasteiger charge is 2.15. The van der Waals surface area contributed by atoms with E-state index in [0.717, 1.165) is 10.6 Å². The van der Waals surface area contributed by atoms with E-state index in [-0.39, 0.29) is 6.04 Å². The highest BCUT2D eigenvalue weighted by atomic mass is 35.5. The summed E-state index contributed by atoms with van der Waals surface area (Å²) in [7, 11) is 3.52. The molecule has 1 N–H and O–H groups in total. The fourth-order valence-corrected chi connectivity index (χ4v) is 2.71. The maximum absolute atomic E-state index is 6.12. The summed E-state index contributed by atoms with van der Waals surface area (Å²) in [5.74, 6) is 0.685. The average molecular weight is 269 g/mol. The van der Waals surface area contributed by atoms with Gasteiger partial charge in [0, 0.05) is 11.6 Å². The van der Waals surface area contributed by atoms with Crippen molar-refractivity contribution in [3.63, 3.8) is 0 Å². The molecule has 1 aromatic heterocycles. The lowest BCUT2D eigenvalue weighted by molar-refractivity contribution is 0.414. The molecule has 0 fully saturated rings. The van der Waals surface area contributed by atoms with Crippen LogP contribution in [0, 0.1) is 0 Å². The summed E-state index contributed by atoms with van der Waals surface area (Å²) in [5.41, 5.74) is 1.08. The van der Waals surface area contributed by atoms with Gasteiger partial charge in [-0.15, -0.1) is 11.3 Å². The maximum atomic E-state index is 6.12. The number of thiazole rings is 1. The van der Waals surface area contributed by atoms with Crippen LogP contribution in [0.4, 0.5) is 0 Å². The fourth-order valence-electron chi connectivity index (χ4n) is 1.67. The normalized spacial score (nSPS) is 12.4. The van der Waals surface area contributed by atoms with Crippen LogP contribution < -0.4 is 10.1 Å². The van der Waals surface area contributed by atoms with Crippen molar-refractivity contribution in [2.45, 2.75) is 6.04 Å². The van der Waals surface area contributed by atoms with E-state index in [0.29, 0.717) is 10.8 Å². The summed E-state index contributed by atoms with van der Waals surface area (Å²) in [6.07, 6.45) is 1.80. The zero-order chi connectivity index (χ0) is 12.3. The Kier molecular flexibility index (Phi) is 3.99. The quantitative estimate of drug-likeness (QED) is 0.925. The van der Waals surface area contributed by atoms with E-state index >= 15 is 0 Å². The van der Waals surface area contributed by atoms with Crippen LogP contribution in [0.25, 0.3) is 0 Å². The van der Waals surface area contributed by atoms with Gasteiger partial charge in [-0.2, -0.15) is 0 Å². The lowest BCUT2D eigenvalue weighted by Gasteiger charge is -2.15. The molecule has 0 aliphatic carbocycles. The molecule has 1 atom stereocenters. The van der Waals surface area contributed by atoms with Gasteiger partial charge < -0.3 is 10.1 Å². The van der Waals surface area contributed by atoms with Crippen molar-refractivity contribution in [2.24, 2.45) is 0 Å². The van der Waals surface area contributed by atoms with Crippen LogP contribution in [0.5, 0.6) is 5.75 Å². The molecule has 0 bridgehead atoms. The van der Waals surface area contributed by atoms with Crippen LogP contribution >= 0.6 is 22.9 Å². The average Bonchev–Trinajstić information content (AvgIpc) is 2.84. The molecular weight excluding hydrogens is 256 g/mol. The van der Waals surface area contributed by atoms with E-state index in [4.69, 9.17) is 16.3 Å². The fraction of sp³-hybridized carbons (Fsp3) is 0.250. The first-order valence-electron chi connectivity index (χ1n) is 5.16. The Bertz CT molecular complexity index is 487. The van der Waals surface area contributed by atoms with Gasteiger partial charge in [0.1, 0.15) is 10.8 Å². The monoisotopic (exact) mass is 268 g/mol. The molecule has 2 rings (SSSR count). The van der Waals surface area contributed by atoms with E-state index < -0.39 is 0 Å². The Morgan fingerprint density at radius 2 is 2.29 bits per heavy atom. The number of methoxy groups -OCH3 is 1. The Hall–Kier alpha value is -1.10. The standard InChI is InChI=1S/C12H13ClN2OS/c1-14-11(12-15-5-6-17-12)8-3-4-10(16-2)9(13)7-8/h3-7,11,14H,1-2H3. The summed E-state index contributed by atoms with van der Waals surface area (Å²) in [6.45, 7) is 0. The predicted molar refractivity (Wildman–Crippen MR) is 71.0 cm³/mol. The van der Waals surface area contributed by atoms with E-state index in [9.17, 15) is 0 Å². The number of hydrogen-bond donors (Lipinski definition) is 1. The second kappa shape index (κ2) is 5.49. The number of halogens is 1. The van der Waals surface area contributed by atoms with E-state index in [1.165, 1.54) is 0 Å². The smallest absolute Gasteiger partial charge is 0.137 e. The summed E-state index contributed by atoms with van der Waals surface area (Å²) in [4.78, 5) is 4.32. The zero-order valence-electron chi connectivity index (χ0n) is 9.61. The van der Waals surface area contributed by atoms with Crippen molar-refractivity contribution in [3.8, 4) is 5.75 Å².